The van der Waals surface area contributed by atoms with Crippen molar-refractivity contribution in [1.82, 2.24) is 4.98 Å². The summed E-state index contributed by atoms with van der Waals surface area (Å²) in [5.41, 5.74) is -0.169. The quantitative estimate of drug-likeness (QED) is 0.645. The highest BCUT2D eigenvalue weighted by Crippen LogP contribution is 2.31. The molecule has 0 spiro atoms. The van der Waals surface area contributed by atoms with Gasteiger partial charge in [-0.25, -0.2) is 4.98 Å². The Bertz CT molecular complexity index is 333. The van der Waals surface area contributed by atoms with E-state index in [0.29, 0.717) is 0 Å². The summed E-state index contributed by atoms with van der Waals surface area (Å²) in [6.45, 7) is 3.56. The van der Waals surface area contributed by atoms with Crippen molar-refractivity contribution >= 4 is 5.82 Å². The predicted molar refractivity (Wildman–Crippen MR) is 50.2 cm³/mol. The highest BCUT2D eigenvalue weighted by Gasteiger charge is 2.39. The van der Waals surface area contributed by atoms with Crippen LogP contribution in [-0.4, -0.2) is 18.1 Å². The van der Waals surface area contributed by atoms with Gasteiger partial charge < -0.3 is 4.90 Å². The predicted octanol–water partition coefficient (Wildman–Crippen LogP) is 1.43. The van der Waals surface area contributed by atoms with Crippen molar-refractivity contribution in [3.05, 3.63) is 24.4 Å². The smallest absolute Gasteiger partial charge is 0.128 e. The van der Waals surface area contributed by atoms with Crippen molar-refractivity contribution in [3.8, 4) is 6.07 Å². The minimum Gasteiger partial charge on any atom is -0.353 e. The highest BCUT2D eigenvalue weighted by molar-refractivity contribution is 5.44. The molecule has 2 rings (SSSR count). The Labute approximate surface area is 77.6 Å². The molecule has 0 unspecified atom stereocenters. The molecule has 0 radical (unpaired) electrons. The number of aromatic nitrogens is 1. The third-order valence-electron chi connectivity index (χ3n) is 2.32. The van der Waals surface area contributed by atoms with Crippen LogP contribution in [0.4, 0.5) is 5.82 Å². The van der Waals surface area contributed by atoms with Gasteiger partial charge in [-0.15, -0.1) is 0 Å². The Morgan fingerprint density at radius 1 is 1.54 bits per heavy atom. The maximum absolute atomic E-state index is 8.81. The summed E-state index contributed by atoms with van der Waals surface area (Å²) >= 11 is 0. The molecule has 2 heterocycles. The number of nitrogens with zero attached hydrogens (tertiary/aromatic N) is 3. The van der Waals surface area contributed by atoms with Crippen LogP contribution in [0.5, 0.6) is 0 Å². The molecule has 0 N–H and O–H groups in total. The van der Waals surface area contributed by atoms with Gasteiger partial charge in [0.2, 0.25) is 0 Å². The fourth-order valence-corrected chi connectivity index (χ4v) is 1.57. The van der Waals surface area contributed by atoms with Gasteiger partial charge in [-0.05, 0) is 19.1 Å². The molecule has 1 fully saturated rings. The van der Waals surface area contributed by atoms with Gasteiger partial charge in [0.15, 0.2) is 0 Å². The molecule has 0 atom stereocenters. The lowest BCUT2D eigenvalue weighted by atomic mass is 9.84. The van der Waals surface area contributed by atoms with Gasteiger partial charge in [0, 0.05) is 19.3 Å². The van der Waals surface area contributed by atoms with Gasteiger partial charge in [0.25, 0.3) is 0 Å². The average molecular weight is 173 g/mol. The van der Waals surface area contributed by atoms with Crippen LogP contribution in [-0.2, 0) is 0 Å². The maximum atomic E-state index is 8.81. The summed E-state index contributed by atoms with van der Waals surface area (Å²) in [6, 6.07) is 8.14. The second kappa shape index (κ2) is 2.74. The number of nitriles is 1. The minimum absolute atomic E-state index is 0.169. The number of pyridine rings is 1. The largest absolute Gasteiger partial charge is 0.353 e. The molecule has 0 bridgehead atoms. The summed E-state index contributed by atoms with van der Waals surface area (Å²) in [5.74, 6) is 0.968. The zero-order valence-corrected chi connectivity index (χ0v) is 7.57. The molecule has 1 aromatic rings. The van der Waals surface area contributed by atoms with Gasteiger partial charge in [0.1, 0.15) is 5.82 Å². The van der Waals surface area contributed by atoms with E-state index in [0.717, 1.165) is 18.9 Å². The Kier molecular flexibility index (Phi) is 1.70. The van der Waals surface area contributed by atoms with Crippen molar-refractivity contribution in [2.45, 2.75) is 6.92 Å². The van der Waals surface area contributed by atoms with Crippen LogP contribution < -0.4 is 4.90 Å². The van der Waals surface area contributed by atoms with Crippen LogP contribution in [0, 0.1) is 16.7 Å². The average Bonchev–Trinajstić information content (AvgIpc) is 2.14. The highest BCUT2D eigenvalue weighted by atomic mass is 15.2. The SMILES string of the molecule is CC1(C#N)CN(c2ccccn2)C1. The molecule has 1 aliphatic heterocycles. The van der Waals surface area contributed by atoms with E-state index in [1.807, 2.05) is 25.1 Å². The fourth-order valence-electron chi connectivity index (χ4n) is 1.57. The van der Waals surface area contributed by atoms with E-state index in [-0.39, 0.29) is 5.41 Å². The van der Waals surface area contributed by atoms with Crippen LogP contribution in [0.3, 0.4) is 0 Å². The molecule has 1 aliphatic rings. The van der Waals surface area contributed by atoms with Crippen LogP contribution in [0.1, 0.15) is 6.92 Å². The third kappa shape index (κ3) is 1.35. The Balaban J connectivity index is 2.07. The summed E-state index contributed by atoms with van der Waals surface area (Å²) in [4.78, 5) is 6.33. The molecule has 0 aromatic carbocycles. The molecule has 66 valence electrons. The zero-order chi connectivity index (χ0) is 9.31. The first-order valence-corrected chi connectivity index (χ1v) is 4.31. The molecule has 3 heteroatoms. The molecule has 0 aliphatic carbocycles. The van der Waals surface area contributed by atoms with E-state index in [2.05, 4.69) is 16.0 Å². The number of rotatable bonds is 1. The van der Waals surface area contributed by atoms with Gasteiger partial charge in [0.05, 0.1) is 11.5 Å². The topological polar surface area (TPSA) is 39.9 Å². The number of anilines is 1. The number of hydrogen-bond donors (Lipinski definition) is 0. The van der Waals surface area contributed by atoms with Gasteiger partial charge in [-0.3, -0.25) is 0 Å². The summed E-state index contributed by atoms with van der Waals surface area (Å²) in [5, 5.41) is 8.81. The monoisotopic (exact) mass is 173 g/mol. The molecule has 1 aromatic heterocycles. The molecule has 0 saturated carbocycles. The van der Waals surface area contributed by atoms with E-state index in [1.165, 1.54) is 0 Å². The van der Waals surface area contributed by atoms with Crippen molar-refractivity contribution in [3.63, 3.8) is 0 Å². The first-order chi connectivity index (χ1) is 6.23. The maximum Gasteiger partial charge on any atom is 0.128 e. The second-order valence-corrected chi connectivity index (χ2v) is 3.72. The Hall–Kier alpha value is -1.56. The summed E-state index contributed by atoms with van der Waals surface area (Å²) < 4.78 is 0. The molecule has 1 saturated heterocycles. The van der Waals surface area contributed by atoms with E-state index in [1.54, 1.807) is 6.20 Å². The van der Waals surface area contributed by atoms with Gasteiger partial charge in [-0.2, -0.15) is 5.26 Å². The van der Waals surface area contributed by atoms with Crippen molar-refractivity contribution in [2.24, 2.45) is 5.41 Å². The molecule has 3 nitrogen and oxygen atoms in total. The van der Waals surface area contributed by atoms with Crippen LogP contribution in [0.2, 0.25) is 0 Å². The summed E-state index contributed by atoms with van der Waals surface area (Å²) in [6.07, 6.45) is 1.78. The minimum atomic E-state index is -0.169. The van der Waals surface area contributed by atoms with E-state index >= 15 is 0 Å². The van der Waals surface area contributed by atoms with E-state index in [4.69, 9.17) is 5.26 Å². The fraction of sp³-hybridized carbons (Fsp3) is 0.400. The molecular weight excluding hydrogens is 162 g/mol. The molecule has 0 amide bonds. The van der Waals surface area contributed by atoms with Crippen LogP contribution >= 0.6 is 0 Å². The first-order valence-electron chi connectivity index (χ1n) is 4.31. The normalized spacial score (nSPS) is 18.9. The van der Waals surface area contributed by atoms with Crippen molar-refractivity contribution in [1.29, 1.82) is 5.26 Å². The standard InChI is InChI=1S/C10H11N3/c1-10(6-11)7-13(8-10)9-4-2-3-5-12-9/h2-5H,7-8H2,1H3. The van der Waals surface area contributed by atoms with Crippen molar-refractivity contribution < 1.29 is 0 Å². The Morgan fingerprint density at radius 2 is 2.31 bits per heavy atom. The molecular formula is C10H11N3. The molecule has 13 heavy (non-hydrogen) atoms. The van der Waals surface area contributed by atoms with E-state index in [9.17, 15) is 0 Å². The second-order valence-electron chi connectivity index (χ2n) is 3.72. The lowest BCUT2D eigenvalue weighted by Crippen LogP contribution is -2.54. The van der Waals surface area contributed by atoms with Crippen molar-refractivity contribution in [2.75, 3.05) is 18.0 Å². The van der Waals surface area contributed by atoms with Crippen LogP contribution in [0.25, 0.3) is 0 Å². The zero-order valence-electron chi connectivity index (χ0n) is 7.57. The van der Waals surface area contributed by atoms with E-state index < -0.39 is 0 Å². The number of hydrogen-bond acceptors (Lipinski definition) is 3. The lowest BCUT2D eigenvalue weighted by molar-refractivity contribution is 0.334. The van der Waals surface area contributed by atoms with Gasteiger partial charge >= 0.3 is 0 Å². The Morgan fingerprint density at radius 3 is 2.85 bits per heavy atom. The van der Waals surface area contributed by atoms with Gasteiger partial charge in [-0.1, -0.05) is 6.07 Å². The summed E-state index contributed by atoms with van der Waals surface area (Å²) in [7, 11) is 0. The van der Waals surface area contributed by atoms with Crippen LogP contribution in [0.15, 0.2) is 24.4 Å². The lowest BCUT2D eigenvalue weighted by Gasteiger charge is -2.44. The first kappa shape index (κ1) is 8.06. The third-order valence-corrected chi connectivity index (χ3v) is 2.32.